The molecule has 2 aliphatic rings. The van der Waals surface area contributed by atoms with Gasteiger partial charge in [0.25, 0.3) is 0 Å². The molecule has 0 bridgehead atoms. The molecule has 1 saturated heterocycles. The number of alkyl carbamates (subject to hydrolysis) is 1. The number of amides is 2. The van der Waals surface area contributed by atoms with Gasteiger partial charge in [0.2, 0.25) is 5.91 Å². The second-order valence-electron chi connectivity index (χ2n) is 11.8. The number of benzene rings is 2. The first-order chi connectivity index (χ1) is 23.8. The second-order valence-corrected chi connectivity index (χ2v) is 11.8. The number of carbonyl (C=O) groups is 2. The molecular formula is C36H39F3N6O4. The number of aliphatic imine (C=N–C) groups is 1. The van der Waals surface area contributed by atoms with E-state index in [0.717, 1.165) is 22.8 Å². The maximum absolute atomic E-state index is 13.6. The van der Waals surface area contributed by atoms with Gasteiger partial charge >= 0.3 is 6.09 Å². The fourth-order valence-corrected chi connectivity index (χ4v) is 5.60. The van der Waals surface area contributed by atoms with Crippen LogP contribution in [0, 0.1) is 11.6 Å². The van der Waals surface area contributed by atoms with Gasteiger partial charge in [-0.25, -0.2) is 18.6 Å². The number of hydrogen-bond acceptors (Lipinski definition) is 7. The van der Waals surface area contributed by atoms with Gasteiger partial charge in [0, 0.05) is 37.3 Å². The highest BCUT2D eigenvalue weighted by Crippen LogP contribution is 2.29. The summed E-state index contributed by atoms with van der Waals surface area (Å²) in [5.41, 5.74) is 2.97. The summed E-state index contributed by atoms with van der Waals surface area (Å²) in [6, 6.07) is 13.3. The third kappa shape index (κ3) is 10.4. The average Bonchev–Trinajstić information content (AvgIpc) is 3.54. The number of aromatic amines is 1. The number of nitrogens with zero attached hydrogens (tertiary/aromatic N) is 1. The van der Waals surface area contributed by atoms with Gasteiger partial charge in [-0.05, 0) is 65.1 Å². The summed E-state index contributed by atoms with van der Waals surface area (Å²) in [4.78, 5) is 32.3. The largest absolute Gasteiger partial charge is 0.448 e. The zero-order valence-electron chi connectivity index (χ0n) is 26.8. The third-order valence-corrected chi connectivity index (χ3v) is 8.25. The van der Waals surface area contributed by atoms with E-state index in [1.807, 2.05) is 12.3 Å². The zero-order valence-corrected chi connectivity index (χ0v) is 26.8. The Morgan fingerprint density at radius 1 is 1.10 bits per heavy atom. The van der Waals surface area contributed by atoms with E-state index >= 15 is 0 Å². The van der Waals surface area contributed by atoms with E-state index in [0.29, 0.717) is 49.2 Å². The molecule has 2 amide bonds. The van der Waals surface area contributed by atoms with Crippen LogP contribution in [-0.2, 0) is 20.8 Å². The molecule has 5 N–H and O–H groups in total. The number of morpholine rings is 1. The molecule has 2 aliphatic heterocycles. The highest BCUT2D eigenvalue weighted by atomic mass is 19.1. The number of hydrogen-bond donors (Lipinski definition) is 5. The molecule has 0 aliphatic carbocycles. The molecule has 3 heterocycles. The van der Waals surface area contributed by atoms with Gasteiger partial charge in [-0.1, -0.05) is 36.9 Å². The number of carbonyl (C=O) groups excluding carboxylic acids is 2. The predicted octanol–water partition coefficient (Wildman–Crippen LogP) is 3.51. The quantitative estimate of drug-likeness (QED) is 0.131. The summed E-state index contributed by atoms with van der Waals surface area (Å²) in [7, 11) is 0. The van der Waals surface area contributed by atoms with E-state index in [4.69, 9.17) is 9.47 Å². The van der Waals surface area contributed by atoms with Crippen LogP contribution in [0.25, 0.3) is 12.3 Å². The fourth-order valence-electron chi connectivity index (χ4n) is 5.60. The van der Waals surface area contributed by atoms with Crippen LogP contribution in [0.4, 0.5) is 18.0 Å². The molecule has 0 unspecified atom stereocenters. The Morgan fingerprint density at radius 3 is 2.45 bits per heavy atom. The summed E-state index contributed by atoms with van der Waals surface area (Å²) in [6.07, 6.45) is 5.35. The van der Waals surface area contributed by atoms with Gasteiger partial charge in [0.1, 0.15) is 18.2 Å². The maximum atomic E-state index is 13.6. The van der Waals surface area contributed by atoms with Crippen LogP contribution in [0.1, 0.15) is 42.0 Å². The van der Waals surface area contributed by atoms with Crippen LogP contribution >= 0.6 is 0 Å². The minimum atomic E-state index is -0.530. The first kappa shape index (κ1) is 35.2. The molecule has 0 saturated carbocycles. The van der Waals surface area contributed by atoms with E-state index < -0.39 is 29.6 Å². The van der Waals surface area contributed by atoms with Crippen molar-refractivity contribution >= 4 is 30.7 Å². The minimum Gasteiger partial charge on any atom is -0.448 e. The number of nitrogens with one attached hydrogen (secondary N) is 5. The highest BCUT2D eigenvalue weighted by molar-refractivity contribution is 5.80. The van der Waals surface area contributed by atoms with Crippen LogP contribution in [0.5, 0.6) is 0 Å². The van der Waals surface area contributed by atoms with Gasteiger partial charge in [-0.15, -0.1) is 0 Å². The molecule has 0 spiro atoms. The van der Waals surface area contributed by atoms with Crippen molar-refractivity contribution in [3.05, 3.63) is 118 Å². The van der Waals surface area contributed by atoms with Crippen molar-refractivity contribution in [2.24, 2.45) is 4.99 Å². The topological polar surface area (TPSA) is 129 Å². The minimum absolute atomic E-state index is 0.0542. The van der Waals surface area contributed by atoms with E-state index in [1.165, 1.54) is 30.5 Å². The standard InChI is InChI=1S/C36H39F3N6O4/c1-23(2-11-31-17-42-30(20-48-31)21-49-36(47)43-16-29-14-26-12-13-40-19-34(26)44-29)33(18-41-22-37)45-35(46)15-32(24-3-7-27(38)8-4-24)25-5-9-28(39)10-6-25/h3-10,12,14,18-19,22,30-32,40,42,44H,1-2,11,13,15-17,20-21H2,(H,43,47)(H,45,46)/b33-18+,41-22-/t30-,31+/m0/s1. The summed E-state index contributed by atoms with van der Waals surface area (Å²) in [6.45, 7) is 6.22. The Bertz CT molecular complexity index is 1700. The van der Waals surface area contributed by atoms with Gasteiger partial charge < -0.3 is 35.7 Å². The number of rotatable bonds is 14. The number of H-pyrrole nitrogens is 1. The van der Waals surface area contributed by atoms with Crippen molar-refractivity contribution in [3.63, 3.8) is 0 Å². The normalized spacial score (nSPS) is 17.4. The molecule has 13 heteroatoms. The Hall–Kier alpha value is -5.14. The van der Waals surface area contributed by atoms with Gasteiger partial charge in [0.15, 0.2) is 6.47 Å². The van der Waals surface area contributed by atoms with Crippen molar-refractivity contribution in [2.45, 2.75) is 43.9 Å². The first-order valence-electron chi connectivity index (χ1n) is 16.0. The van der Waals surface area contributed by atoms with Crippen molar-refractivity contribution in [2.75, 3.05) is 26.3 Å². The van der Waals surface area contributed by atoms with Crippen LogP contribution in [0.15, 0.2) is 83.6 Å². The highest BCUT2D eigenvalue weighted by Gasteiger charge is 2.24. The Balaban J connectivity index is 1.06. The number of fused-ring (bicyclic) bond motifs is 1. The van der Waals surface area contributed by atoms with Crippen molar-refractivity contribution < 1.29 is 32.2 Å². The van der Waals surface area contributed by atoms with Crippen LogP contribution in [0.3, 0.4) is 0 Å². The second kappa shape index (κ2) is 17.3. The van der Waals surface area contributed by atoms with Gasteiger partial charge in [0.05, 0.1) is 42.5 Å². The lowest BCUT2D eigenvalue weighted by molar-refractivity contribution is -0.120. The van der Waals surface area contributed by atoms with E-state index in [9.17, 15) is 22.8 Å². The molecule has 1 fully saturated rings. The lowest BCUT2D eigenvalue weighted by Crippen LogP contribution is -2.49. The van der Waals surface area contributed by atoms with E-state index in [1.54, 1.807) is 24.3 Å². The smallest absolute Gasteiger partial charge is 0.407 e. The van der Waals surface area contributed by atoms with Crippen LogP contribution in [-0.4, -0.2) is 61.9 Å². The Kier molecular flexibility index (Phi) is 12.4. The average molecular weight is 677 g/mol. The summed E-state index contributed by atoms with van der Waals surface area (Å²) in [5, 5.41) is 14.0. The first-order valence-corrected chi connectivity index (χ1v) is 16.0. The fraction of sp³-hybridized carbons (Fsp3) is 0.306. The maximum Gasteiger partial charge on any atom is 0.407 e. The zero-order chi connectivity index (χ0) is 34.6. The molecule has 258 valence electrons. The number of allylic oxidation sites excluding steroid dienone is 1. The van der Waals surface area contributed by atoms with E-state index in [2.05, 4.69) is 43.9 Å². The lowest BCUT2D eigenvalue weighted by Gasteiger charge is -2.30. The Morgan fingerprint density at radius 2 is 1.82 bits per heavy atom. The number of halogens is 3. The van der Waals surface area contributed by atoms with Crippen LogP contribution < -0.4 is 31.8 Å². The third-order valence-electron chi connectivity index (χ3n) is 8.25. The van der Waals surface area contributed by atoms with Crippen LogP contribution in [0.2, 0.25) is 0 Å². The summed E-state index contributed by atoms with van der Waals surface area (Å²) in [5.74, 6) is -1.75. The molecule has 49 heavy (non-hydrogen) atoms. The summed E-state index contributed by atoms with van der Waals surface area (Å²) < 4.78 is 51.4. The molecule has 5 rings (SSSR count). The molecule has 2 aromatic carbocycles. The molecule has 1 aromatic heterocycles. The molecule has 3 aromatic rings. The SMILES string of the molecule is C=C(CC[C@@H]1CN[C@H](COC(=O)NCc2cc3c([nH]2)=CNCC=3)CO1)/C(=C\N=C/F)NC(=O)CC(c1ccc(F)cc1)c1ccc(F)cc1. The lowest BCUT2D eigenvalue weighted by atomic mass is 9.88. The molecule has 0 radical (unpaired) electrons. The predicted molar refractivity (Wildman–Crippen MR) is 180 cm³/mol. The van der Waals surface area contributed by atoms with E-state index in [-0.39, 0.29) is 37.3 Å². The van der Waals surface area contributed by atoms with Crippen molar-refractivity contribution in [3.8, 4) is 0 Å². The van der Waals surface area contributed by atoms with Gasteiger partial charge in [-0.2, -0.15) is 4.39 Å². The number of aromatic nitrogens is 1. The molecule has 10 nitrogen and oxygen atoms in total. The van der Waals surface area contributed by atoms with Gasteiger partial charge in [-0.3, -0.25) is 4.79 Å². The Labute approximate surface area is 281 Å². The molecular weight excluding hydrogens is 637 g/mol. The summed E-state index contributed by atoms with van der Waals surface area (Å²) >= 11 is 0. The van der Waals surface area contributed by atoms with Crippen molar-refractivity contribution in [1.82, 2.24) is 26.3 Å². The van der Waals surface area contributed by atoms with Crippen molar-refractivity contribution in [1.29, 1.82) is 0 Å². The molecule has 2 atom stereocenters. The monoisotopic (exact) mass is 676 g/mol. The number of ether oxygens (including phenoxy) is 2.